The molecule has 5 nitrogen and oxygen atoms in total. The lowest BCUT2D eigenvalue weighted by molar-refractivity contribution is -0.125. The second-order valence-electron chi connectivity index (χ2n) is 6.81. The van der Waals surface area contributed by atoms with Gasteiger partial charge < -0.3 is 4.90 Å². The Labute approximate surface area is 169 Å². The van der Waals surface area contributed by atoms with Crippen molar-refractivity contribution >= 4 is 12.0 Å². The van der Waals surface area contributed by atoms with Gasteiger partial charge in [-0.3, -0.25) is 4.79 Å². The van der Waals surface area contributed by atoms with Gasteiger partial charge >= 0.3 is 0 Å². The molecule has 0 N–H and O–H groups in total. The number of carbonyl (C=O) groups is 1. The van der Waals surface area contributed by atoms with Crippen molar-refractivity contribution in [1.82, 2.24) is 14.7 Å². The monoisotopic (exact) mass is 388 g/mol. The Hall–Kier alpha value is -3.72. The number of aryl methyl sites for hydroxylation is 1. The first-order valence-electron chi connectivity index (χ1n) is 9.13. The van der Waals surface area contributed by atoms with E-state index in [0.717, 1.165) is 28.2 Å². The zero-order valence-electron chi connectivity index (χ0n) is 16.6. The molecule has 0 aliphatic heterocycles. The summed E-state index contributed by atoms with van der Waals surface area (Å²) in [6.07, 6.45) is 3.28. The number of likely N-dealkylation sites (N-methyl/N-ethyl adjacent to an activating group) is 1. The first kappa shape index (κ1) is 20.0. The molecule has 0 spiro atoms. The van der Waals surface area contributed by atoms with Gasteiger partial charge in [0.05, 0.1) is 23.0 Å². The van der Waals surface area contributed by atoms with Gasteiger partial charge in [-0.1, -0.05) is 12.1 Å². The third-order valence-corrected chi connectivity index (χ3v) is 4.69. The average molecular weight is 388 g/mol. The number of hydrogen-bond acceptors (Lipinski definition) is 3. The van der Waals surface area contributed by atoms with E-state index in [2.05, 4.69) is 11.2 Å². The summed E-state index contributed by atoms with van der Waals surface area (Å²) in [6, 6.07) is 15.3. The van der Waals surface area contributed by atoms with Crippen LogP contribution in [0, 0.1) is 31.0 Å². The highest BCUT2D eigenvalue weighted by Crippen LogP contribution is 2.19. The zero-order chi connectivity index (χ0) is 21.0. The lowest BCUT2D eigenvalue weighted by Crippen LogP contribution is -2.24. The van der Waals surface area contributed by atoms with Crippen molar-refractivity contribution in [2.45, 2.75) is 20.4 Å². The summed E-state index contributed by atoms with van der Waals surface area (Å²) < 4.78 is 14.9. The highest BCUT2D eigenvalue weighted by molar-refractivity contribution is 5.91. The largest absolute Gasteiger partial charge is 0.338 e. The number of amides is 1. The Morgan fingerprint density at radius 1 is 1.17 bits per heavy atom. The molecule has 3 rings (SSSR count). The molecule has 3 aromatic rings. The number of nitrogens with zero attached hydrogens (tertiary/aromatic N) is 4. The Kier molecular flexibility index (Phi) is 5.89. The quantitative estimate of drug-likeness (QED) is 0.616. The van der Waals surface area contributed by atoms with Crippen LogP contribution in [0.15, 0.2) is 54.6 Å². The molecule has 0 saturated carbocycles. The maximum atomic E-state index is 13.2. The average Bonchev–Trinajstić information content (AvgIpc) is 3.00. The predicted molar refractivity (Wildman–Crippen MR) is 110 cm³/mol. The van der Waals surface area contributed by atoms with Crippen molar-refractivity contribution in [3.05, 3.63) is 88.5 Å². The molecule has 2 aromatic carbocycles. The van der Waals surface area contributed by atoms with Crippen molar-refractivity contribution < 1.29 is 9.18 Å². The molecule has 0 unspecified atom stereocenters. The summed E-state index contributed by atoms with van der Waals surface area (Å²) in [5.74, 6) is -0.436. The van der Waals surface area contributed by atoms with Crippen molar-refractivity contribution in [1.29, 1.82) is 5.26 Å². The molecule has 6 heteroatoms. The number of rotatable bonds is 5. The van der Waals surface area contributed by atoms with Gasteiger partial charge in [-0.2, -0.15) is 10.4 Å². The first-order valence-corrected chi connectivity index (χ1v) is 9.13. The van der Waals surface area contributed by atoms with Crippen molar-refractivity contribution in [2.75, 3.05) is 7.05 Å². The molecule has 146 valence electrons. The van der Waals surface area contributed by atoms with Gasteiger partial charge in [0.2, 0.25) is 5.91 Å². The minimum atomic E-state index is -0.300. The molecule has 0 bridgehead atoms. The van der Waals surface area contributed by atoms with Gasteiger partial charge in [0.15, 0.2) is 0 Å². The predicted octanol–water partition coefficient (Wildman–Crippen LogP) is 4.17. The van der Waals surface area contributed by atoms with Crippen LogP contribution in [0.5, 0.6) is 0 Å². The smallest absolute Gasteiger partial charge is 0.246 e. The molecule has 29 heavy (non-hydrogen) atoms. The SMILES string of the molecule is Cc1nn(-c2ccc(F)cc2)c(C)c1/C=C/C(=O)N(C)Cc1ccc(C#N)cc1. The van der Waals surface area contributed by atoms with Crippen molar-refractivity contribution in [2.24, 2.45) is 0 Å². The first-order chi connectivity index (χ1) is 13.9. The third kappa shape index (κ3) is 4.58. The van der Waals surface area contributed by atoms with Gasteiger partial charge in [-0.15, -0.1) is 0 Å². The number of benzene rings is 2. The molecule has 1 amide bonds. The van der Waals surface area contributed by atoms with Crippen molar-refractivity contribution in [3.63, 3.8) is 0 Å². The fourth-order valence-corrected chi connectivity index (χ4v) is 3.05. The minimum Gasteiger partial charge on any atom is -0.338 e. The van der Waals surface area contributed by atoms with E-state index < -0.39 is 0 Å². The van der Waals surface area contributed by atoms with E-state index in [4.69, 9.17) is 5.26 Å². The van der Waals surface area contributed by atoms with Gasteiger partial charge in [-0.25, -0.2) is 9.07 Å². The van der Waals surface area contributed by atoms with E-state index in [1.54, 1.807) is 47.0 Å². The van der Waals surface area contributed by atoms with Gasteiger partial charge in [0, 0.05) is 30.9 Å². The van der Waals surface area contributed by atoms with E-state index in [1.807, 2.05) is 26.0 Å². The summed E-state index contributed by atoms with van der Waals surface area (Å²) in [5.41, 5.74) is 4.81. The van der Waals surface area contributed by atoms with Gasteiger partial charge in [0.1, 0.15) is 5.82 Å². The number of hydrogen-bond donors (Lipinski definition) is 0. The van der Waals surface area contributed by atoms with Gasteiger partial charge in [-0.05, 0) is 61.9 Å². The summed E-state index contributed by atoms with van der Waals surface area (Å²) in [5, 5.41) is 13.4. The highest BCUT2D eigenvalue weighted by atomic mass is 19.1. The molecule has 0 radical (unpaired) electrons. The number of carbonyl (C=O) groups excluding carboxylic acids is 1. The van der Waals surface area contributed by atoms with Crippen LogP contribution < -0.4 is 0 Å². The summed E-state index contributed by atoms with van der Waals surface area (Å²) in [6.45, 7) is 4.23. The van der Waals surface area contributed by atoms with E-state index in [9.17, 15) is 9.18 Å². The molecule has 0 aliphatic carbocycles. The number of aromatic nitrogens is 2. The normalized spacial score (nSPS) is 10.9. The van der Waals surface area contributed by atoms with E-state index in [0.29, 0.717) is 12.1 Å². The van der Waals surface area contributed by atoms with Crippen LogP contribution in [0.4, 0.5) is 4.39 Å². The van der Waals surface area contributed by atoms with E-state index >= 15 is 0 Å². The molecular formula is C23H21FN4O. The Morgan fingerprint density at radius 3 is 2.45 bits per heavy atom. The zero-order valence-corrected chi connectivity index (χ0v) is 16.6. The molecule has 1 aromatic heterocycles. The fraction of sp³-hybridized carbons (Fsp3) is 0.174. The van der Waals surface area contributed by atoms with Crippen LogP contribution in [0.2, 0.25) is 0 Å². The topological polar surface area (TPSA) is 61.9 Å². The van der Waals surface area contributed by atoms with Crippen LogP contribution >= 0.6 is 0 Å². The van der Waals surface area contributed by atoms with Crippen LogP contribution in [0.25, 0.3) is 11.8 Å². The number of nitriles is 1. The molecular weight excluding hydrogens is 367 g/mol. The van der Waals surface area contributed by atoms with Gasteiger partial charge in [0.25, 0.3) is 0 Å². The Balaban J connectivity index is 1.74. The third-order valence-electron chi connectivity index (χ3n) is 4.69. The molecule has 1 heterocycles. The van der Waals surface area contributed by atoms with Crippen LogP contribution in [0.1, 0.15) is 28.1 Å². The molecule has 0 aliphatic rings. The second kappa shape index (κ2) is 8.53. The summed E-state index contributed by atoms with van der Waals surface area (Å²) >= 11 is 0. The lowest BCUT2D eigenvalue weighted by Gasteiger charge is -2.15. The summed E-state index contributed by atoms with van der Waals surface area (Å²) in [4.78, 5) is 14.1. The van der Waals surface area contributed by atoms with Crippen molar-refractivity contribution in [3.8, 4) is 11.8 Å². The van der Waals surface area contributed by atoms with E-state index in [1.165, 1.54) is 18.2 Å². The molecule has 0 fully saturated rings. The Morgan fingerprint density at radius 2 is 1.83 bits per heavy atom. The number of halogens is 1. The van der Waals surface area contributed by atoms with Crippen LogP contribution in [-0.4, -0.2) is 27.6 Å². The maximum absolute atomic E-state index is 13.2. The lowest BCUT2D eigenvalue weighted by atomic mass is 10.1. The van der Waals surface area contributed by atoms with Crippen LogP contribution in [0.3, 0.4) is 0 Å². The molecule has 0 saturated heterocycles. The maximum Gasteiger partial charge on any atom is 0.246 e. The Bertz CT molecular complexity index is 1090. The highest BCUT2D eigenvalue weighted by Gasteiger charge is 2.12. The fourth-order valence-electron chi connectivity index (χ4n) is 3.05. The standard InChI is InChI=1S/C23H21FN4O/c1-16-22(17(2)28(26-16)21-10-8-20(24)9-11-21)12-13-23(29)27(3)15-19-6-4-18(14-25)5-7-19/h4-13H,15H2,1-3H3/b13-12+. The second-order valence-corrected chi connectivity index (χ2v) is 6.81. The minimum absolute atomic E-state index is 0.136. The molecule has 0 atom stereocenters. The van der Waals surface area contributed by atoms with Crippen LogP contribution in [-0.2, 0) is 11.3 Å². The van der Waals surface area contributed by atoms with E-state index in [-0.39, 0.29) is 11.7 Å². The summed E-state index contributed by atoms with van der Waals surface area (Å²) in [7, 11) is 1.73.